The van der Waals surface area contributed by atoms with Crippen LogP contribution in [0.25, 0.3) is 0 Å². The smallest absolute Gasteiger partial charge is 0.0312 e. The first-order valence-electron chi connectivity index (χ1n) is 6.81. The van der Waals surface area contributed by atoms with Crippen molar-refractivity contribution in [3.05, 3.63) is 30.1 Å². The molecule has 0 saturated heterocycles. The summed E-state index contributed by atoms with van der Waals surface area (Å²) in [6.45, 7) is 7.38. The van der Waals surface area contributed by atoms with Crippen molar-refractivity contribution < 1.29 is 0 Å². The van der Waals surface area contributed by atoms with Gasteiger partial charge in [-0.25, -0.2) is 0 Å². The van der Waals surface area contributed by atoms with Crippen molar-refractivity contribution in [2.24, 2.45) is 11.1 Å². The minimum atomic E-state index is 0.294. The molecule has 0 aliphatic carbocycles. The Morgan fingerprint density at radius 2 is 2.11 bits per heavy atom. The van der Waals surface area contributed by atoms with E-state index in [9.17, 15) is 0 Å². The minimum Gasteiger partial charge on any atom is -0.330 e. The zero-order chi connectivity index (χ0) is 13.4. The Labute approximate surface area is 111 Å². The summed E-state index contributed by atoms with van der Waals surface area (Å²) in [6, 6.07) is 4.12. The number of hydrogen-bond donors (Lipinski definition) is 1. The van der Waals surface area contributed by atoms with Gasteiger partial charge < -0.3 is 10.6 Å². The Kier molecular flexibility index (Phi) is 6.30. The Morgan fingerprint density at radius 1 is 1.33 bits per heavy atom. The molecule has 102 valence electrons. The van der Waals surface area contributed by atoms with Gasteiger partial charge >= 0.3 is 0 Å². The Balaban J connectivity index is 2.16. The highest BCUT2D eigenvalue weighted by molar-refractivity contribution is 5.07. The van der Waals surface area contributed by atoms with E-state index in [0.717, 1.165) is 19.6 Å². The van der Waals surface area contributed by atoms with E-state index >= 15 is 0 Å². The highest BCUT2D eigenvalue weighted by Gasteiger charge is 2.14. The van der Waals surface area contributed by atoms with Crippen LogP contribution < -0.4 is 5.73 Å². The summed E-state index contributed by atoms with van der Waals surface area (Å²) in [6.07, 6.45) is 7.46. The van der Waals surface area contributed by atoms with Gasteiger partial charge in [-0.15, -0.1) is 0 Å². The second kappa shape index (κ2) is 7.49. The lowest BCUT2D eigenvalue weighted by molar-refractivity contribution is 0.289. The molecule has 0 bridgehead atoms. The Bertz CT molecular complexity index is 322. The van der Waals surface area contributed by atoms with E-state index < -0.39 is 0 Å². The third kappa shape index (κ3) is 6.12. The largest absolute Gasteiger partial charge is 0.330 e. The van der Waals surface area contributed by atoms with Gasteiger partial charge in [-0.05, 0) is 50.0 Å². The van der Waals surface area contributed by atoms with Crippen LogP contribution in [0.15, 0.2) is 24.5 Å². The van der Waals surface area contributed by atoms with Gasteiger partial charge in [0, 0.05) is 18.9 Å². The van der Waals surface area contributed by atoms with Crippen LogP contribution in [-0.4, -0.2) is 30.0 Å². The van der Waals surface area contributed by atoms with E-state index in [2.05, 4.69) is 36.8 Å². The molecule has 0 aliphatic rings. The lowest BCUT2D eigenvalue weighted by Crippen LogP contribution is -2.24. The van der Waals surface area contributed by atoms with Crippen LogP contribution in [0.4, 0.5) is 0 Å². The molecule has 1 rings (SSSR count). The summed E-state index contributed by atoms with van der Waals surface area (Å²) >= 11 is 0. The summed E-state index contributed by atoms with van der Waals surface area (Å²) in [5.41, 5.74) is 7.31. The van der Waals surface area contributed by atoms with Gasteiger partial charge in [-0.3, -0.25) is 4.98 Å². The van der Waals surface area contributed by atoms with Crippen LogP contribution in [0, 0.1) is 5.41 Å². The van der Waals surface area contributed by atoms with Crippen LogP contribution in [0.1, 0.15) is 38.7 Å². The summed E-state index contributed by atoms with van der Waals surface area (Å²) in [7, 11) is 2.17. The van der Waals surface area contributed by atoms with Crippen molar-refractivity contribution in [3.8, 4) is 0 Å². The molecule has 2 N–H and O–H groups in total. The maximum absolute atomic E-state index is 5.73. The van der Waals surface area contributed by atoms with Crippen LogP contribution in [0.2, 0.25) is 0 Å². The molecule has 3 heteroatoms. The van der Waals surface area contributed by atoms with Gasteiger partial charge in [0.1, 0.15) is 0 Å². The van der Waals surface area contributed by atoms with E-state index in [0.29, 0.717) is 5.41 Å². The molecule has 0 saturated carbocycles. The van der Waals surface area contributed by atoms with E-state index in [1.165, 1.54) is 24.8 Å². The highest BCUT2D eigenvalue weighted by Crippen LogP contribution is 2.21. The monoisotopic (exact) mass is 249 g/mol. The van der Waals surface area contributed by atoms with Gasteiger partial charge in [0.25, 0.3) is 0 Å². The zero-order valence-electron chi connectivity index (χ0n) is 12.0. The lowest BCUT2D eigenvalue weighted by atomic mass is 9.87. The zero-order valence-corrected chi connectivity index (χ0v) is 12.0. The molecule has 3 nitrogen and oxygen atoms in total. The molecule has 0 fully saturated rings. The van der Waals surface area contributed by atoms with Crippen LogP contribution >= 0.6 is 0 Å². The van der Waals surface area contributed by atoms with E-state index in [4.69, 9.17) is 5.73 Å². The maximum Gasteiger partial charge on any atom is 0.0312 e. The molecule has 0 aromatic carbocycles. The normalized spacial score (nSPS) is 12.1. The average Bonchev–Trinajstić information content (AvgIpc) is 2.36. The molecule has 0 atom stereocenters. The van der Waals surface area contributed by atoms with Crippen molar-refractivity contribution in [2.45, 2.75) is 39.7 Å². The van der Waals surface area contributed by atoms with Crippen LogP contribution in [-0.2, 0) is 6.54 Å². The first kappa shape index (κ1) is 15.1. The number of pyridine rings is 1. The number of hydrogen-bond acceptors (Lipinski definition) is 3. The van der Waals surface area contributed by atoms with E-state index in [-0.39, 0.29) is 0 Å². The summed E-state index contributed by atoms with van der Waals surface area (Å²) in [4.78, 5) is 6.49. The highest BCUT2D eigenvalue weighted by atomic mass is 15.1. The predicted octanol–water partition coefficient (Wildman–Crippen LogP) is 2.67. The molecular weight excluding hydrogens is 222 g/mol. The molecule has 0 amide bonds. The SMILES string of the molecule is CN(CCCCC(C)(C)CN)Cc1cccnc1. The van der Waals surface area contributed by atoms with Gasteiger partial charge in [-0.2, -0.15) is 0 Å². The van der Waals surface area contributed by atoms with Crippen LogP contribution in [0.3, 0.4) is 0 Å². The average molecular weight is 249 g/mol. The van der Waals surface area contributed by atoms with Gasteiger partial charge in [0.2, 0.25) is 0 Å². The molecular formula is C15H27N3. The topological polar surface area (TPSA) is 42.1 Å². The Hall–Kier alpha value is -0.930. The first-order chi connectivity index (χ1) is 8.53. The maximum atomic E-state index is 5.73. The molecule has 0 aliphatic heterocycles. The first-order valence-corrected chi connectivity index (χ1v) is 6.81. The van der Waals surface area contributed by atoms with Crippen molar-refractivity contribution in [1.29, 1.82) is 0 Å². The van der Waals surface area contributed by atoms with Crippen LogP contribution in [0.5, 0.6) is 0 Å². The van der Waals surface area contributed by atoms with Crippen molar-refractivity contribution in [2.75, 3.05) is 20.1 Å². The summed E-state index contributed by atoms with van der Waals surface area (Å²) < 4.78 is 0. The van der Waals surface area contributed by atoms with E-state index in [1.807, 2.05) is 18.5 Å². The Morgan fingerprint density at radius 3 is 2.72 bits per heavy atom. The number of nitrogens with two attached hydrogens (primary N) is 1. The standard InChI is InChI=1S/C15H27N3/c1-15(2,13-16)8-4-5-10-18(3)12-14-7-6-9-17-11-14/h6-7,9,11H,4-5,8,10,12-13,16H2,1-3H3. The molecule has 0 spiro atoms. The fourth-order valence-electron chi connectivity index (χ4n) is 1.97. The predicted molar refractivity (Wildman–Crippen MR) is 77.3 cm³/mol. The quantitative estimate of drug-likeness (QED) is 0.720. The second-order valence-electron chi connectivity index (χ2n) is 5.92. The summed E-state index contributed by atoms with van der Waals surface area (Å²) in [5.74, 6) is 0. The van der Waals surface area contributed by atoms with Gasteiger partial charge in [-0.1, -0.05) is 26.3 Å². The fraction of sp³-hybridized carbons (Fsp3) is 0.667. The molecule has 0 unspecified atom stereocenters. The summed E-state index contributed by atoms with van der Waals surface area (Å²) in [5, 5.41) is 0. The molecule has 1 heterocycles. The van der Waals surface area contributed by atoms with Crippen molar-refractivity contribution >= 4 is 0 Å². The third-order valence-electron chi connectivity index (χ3n) is 3.37. The molecule has 0 radical (unpaired) electrons. The number of unbranched alkanes of at least 4 members (excludes halogenated alkanes) is 1. The van der Waals surface area contributed by atoms with Gasteiger partial charge in [0.05, 0.1) is 0 Å². The van der Waals surface area contributed by atoms with Crippen molar-refractivity contribution in [3.63, 3.8) is 0 Å². The molecule has 18 heavy (non-hydrogen) atoms. The van der Waals surface area contributed by atoms with Crippen molar-refractivity contribution in [1.82, 2.24) is 9.88 Å². The second-order valence-corrected chi connectivity index (χ2v) is 5.92. The number of rotatable bonds is 8. The van der Waals surface area contributed by atoms with E-state index in [1.54, 1.807) is 0 Å². The molecule has 1 aromatic heterocycles. The lowest BCUT2D eigenvalue weighted by Gasteiger charge is -2.23. The minimum absolute atomic E-state index is 0.294. The fourth-order valence-corrected chi connectivity index (χ4v) is 1.97. The third-order valence-corrected chi connectivity index (χ3v) is 3.37. The van der Waals surface area contributed by atoms with Gasteiger partial charge in [0.15, 0.2) is 0 Å². The molecule has 1 aromatic rings. The number of nitrogens with zero attached hydrogens (tertiary/aromatic N) is 2. The number of aromatic nitrogens is 1.